The maximum atomic E-state index is 5.63. The molecule has 0 aliphatic heterocycles. The maximum Gasteiger partial charge on any atom is 0.238 e. The van der Waals surface area contributed by atoms with Gasteiger partial charge in [-0.25, -0.2) is 4.98 Å². The van der Waals surface area contributed by atoms with Crippen LogP contribution in [0.15, 0.2) is 249 Å². The summed E-state index contributed by atoms with van der Waals surface area (Å²) in [6, 6.07) is 89.7. The van der Waals surface area contributed by atoms with Gasteiger partial charge in [0.15, 0.2) is 11.6 Å². The molecule has 0 bridgehead atoms. The van der Waals surface area contributed by atoms with Gasteiger partial charge in [-0.2, -0.15) is 9.97 Å². The van der Waals surface area contributed by atoms with Gasteiger partial charge in [0, 0.05) is 38.2 Å². The molecule has 334 valence electrons. The second kappa shape index (κ2) is 15.9. The Bertz CT molecular complexity index is 4640. The smallest absolute Gasteiger partial charge is 0.238 e. The summed E-state index contributed by atoms with van der Waals surface area (Å²) in [6.07, 6.45) is 0. The third-order valence-corrected chi connectivity index (χ3v) is 14.7. The molecule has 0 radical (unpaired) electrons. The van der Waals surface area contributed by atoms with Crippen molar-refractivity contribution >= 4 is 86.7 Å². The Kier molecular flexibility index (Phi) is 8.89. The van der Waals surface area contributed by atoms with Crippen molar-refractivity contribution in [1.82, 2.24) is 24.1 Å². The largest absolute Gasteiger partial charge is 0.309 e. The summed E-state index contributed by atoms with van der Waals surface area (Å²) in [5, 5.41) is 14.1. The molecule has 0 aliphatic rings. The Morgan fingerprint density at radius 1 is 0.250 bits per heavy atom. The van der Waals surface area contributed by atoms with E-state index < -0.39 is 0 Å². The molecule has 0 fully saturated rings. The predicted octanol–water partition coefficient (Wildman–Crippen LogP) is 17.3. The van der Waals surface area contributed by atoms with Crippen molar-refractivity contribution in [2.75, 3.05) is 0 Å². The van der Waals surface area contributed by atoms with Gasteiger partial charge in [0.05, 0.1) is 27.8 Å². The normalized spacial score (nSPS) is 11.9. The Balaban J connectivity index is 1.10. The second-order valence-corrected chi connectivity index (χ2v) is 18.8. The first-order chi connectivity index (χ1) is 35.7. The Morgan fingerprint density at radius 3 is 1.57 bits per heavy atom. The van der Waals surface area contributed by atoms with E-state index in [9.17, 15) is 0 Å². The summed E-state index contributed by atoms with van der Waals surface area (Å²) in [5.41, 5.74) is 11.5. The third-order valence-electron chi connectivity index (χ3n) is 14.7. The fraction of sp³-hybridized carbons (Fsp3) is 0. The molecule has 0 saturated heterocycles. The first-order valence-corrected chi connectivity index (χ1v) is 24.5. The highest BCUT2D eigenvalue weighted by Gasteiger charge is 2.25. The van der Waals surface area contributed by atoms with Gasteiger partial charge >= 0.3 is 0 Å². The van der Waals surface area contributed by atoms with Crippen LogP contribution in [0.1, 0.15) is 0 Å². The zero-order valence-corrected chi connectivity index (χ0v) is 38.9. The third kappa shape index (κ3) is 6.24. The topological polar surface area (TPSA) is 48.5 Å². The first kappa shape index (κ1) is 40.2. The average Bonchev–Trinajstić information content (AvgIpc) is 3.96. The number of para-hydroxylation sites is 2. The van der Waals surface area contributed by atoms with Crippen molar-refractivity contribution in [3.63, 3.8) is 0 Å². The molecular weight excluding hydrogens is 875 g/mol. The molecule has 0 N–H and O–H groups in total. The molecule has 72 heavy (non-hydrogen) atoms. The maximum absolute atomic E-state index is 5.63. The van der Waals surface area contributed by atoms with E-state index in [0.29, 0.717) is 17.6 Å². The monoisotopic (exact) mass is 915 g/mol. The van der Waals surface area contributed by atoms with E-state index in [1.54, 1.807) is 0 Å². The molecule has 15 rings (SSSR count). The van der Waals surface area contributed by atoms with E-state index in [1.165, 1.54) is 32.3 Å². The van der Waals surface area contributed by atoms with E-state index in [1.807, 2.05) is 0 Å². The Hall–Kier alpha value is -9.71. The lowest BCUT2D eigenvalue weighted by molar-refractivity contribution is 0.954. The summed E-state index contributed by atoms with van der Waals surface area (Å²) in [4.78, 5) is 16.6. The molecule has 0 amide bonds. The highest BCUT2D eigenvalue weighted by molar-refractivity contribution is 6.23. The van der Waals surface area contributed by atoms with Gasteiger partial charge < -0.3 is 4.57 Å². The molecule has 3 aromatic heterocycles. The molecule has 5 heteroatoms. The van der Waals surface area contributed by atoms with Gasteiger partial charge in [0.25, 0.3) is 0 Å². The number of hydrogen-bond donors (Lipinski definition) is 0. The highest BCUT2D eigenvalue weighted by atomic mass is 15.2. The molecule has 15 aromatic rings. The van der Waals surface area contributed by atoms with E-state index in [2.05, 4.69) is 258 Å². The fourth-order valence-corrected chi connectivity index (χ4v) is 11.4. The molecule has 3 heterocycles. The van der Waals surface area contributed by atoms with Crippen LogP contribution < -0.4 is 0 Å². The minimum Gasteiger partial charge on any atom is -0.309 e. The van der Waals surface area contributed by atoms with Crippen molar-refractivity contribution in [2.24, 2.45) is 0 Å². The van der Waals surface area contributed by atoms with Gasteiger partial charge in [0.1, 0.15) is 0 Å². The van der Waals surface area contributed by atoms with Gasteiger partial charge in [-0.15, -0.1) is 0 Å². The van der Waals surface area contributed by atoms with Crippen LogP contribution in [0.25, 0.3) is 143 Å². The standard InChI is InChI=1S/C67H41N5/c1-2-18-44(19-3-1)55-40-57(66-68-65(49-34-33-42-17-4-5-22-46(42)37-49)69-67(70-66)72-59-31-14-12-28-53(59)54-29-13-15-32-60(54)72)56(52-30-16-25-43-20-8-10-26-50(43)52)41-63(55)71-61-36-35-45-21-9-11-27-51(45)64(61)58-38-47-23-6-7-24-48(47)39-62(58)71/h1-41H. The zero-order valence-electron chi connectivity index (χ0n) is 38.9. The van der Waals surface area contributed by atoms with Crippen LogP contribution >= 0.6 is 0 Å². The van der Waals surface area contributed by atoms with E-state index in [-0.39, 0.29) is 0 Å². The summed E-state index contributed by atoms with van der Waals surface area (Å²) in [7, 11) is 0. The lowest BCUT2D eigenvalue weighted by atomic mass is 9.90. The summed E-state index contributed by atoms with van der Waals surface area (Å²) in [6.45, 7) is 0. The van der Waals surface area contributed by atoms with Crippen molar-refractivity contribution in [3.8, 4) is 56.7 Å². The lowest BCUT2D eigenvalue weighted by Gasteiger charge is -2.21. The van der Waals surface area contributed by atoms with Gasteiger partial charge in [-0.1, -0.05) is 200 Å². The summed E-state index contributed by atoms with van der Waals surface area (Å²) in [5.74, 6) is 1.73. The Labute approximate surface area is 414 Å². The molecule has 12 aromatic carbocycles. The summed E-state index contributed by atoms with van der Waals surface area (Å²) < 4.78 is 4.71. The molecule has 0 unspecified atom stereocenters. The van der Waals surface area contributed by atoms with E-state index in [0.717, 1.165) is 93.5 Å². The molecule has 0 spiro atoms. The molecule has 0 atom stereocenters. The number of nitrogens with zero attached hydrogens (tertiary/aromatic N) is 5. The lowest BCUT2D eigenvalue weighted by Crippen LogP contribution is -2.07. The fourth-order valence-electron chi connectivity index (χ4n) is 11.4. The van der Waals surface area contributed by atoms with Crippen molar-refractivity contribution in [3.05, 3.63) is 249 Å². The average molecular weight is 916 g/mol. The van der Waals surface area contributed by atoms with Crippen LogP contribution in [-0.4, -0.2) is 24.1 Å². The van der Waals surface area contributed by atoms with Crippen LogP contribution in [0.3, 0.4) is 0 Å². The van der Waals surface area contributed by atoms with Crippen molar-refractivity contribution in [2.45, 2.75) is 0 Å². The highest BCUT2D eigenvalue weighted by Crippen LogP contribution is 2.46. The van der Waals surface area contributed by atoms with Crippen LogP contribution in [0.5, 0.6) is 0 Å². The molecular formula is C67H41N5. The predicted molar refractivity (Wildman–Crippen MR) is 300 cm³/mol. The number of aromatic nitrogens is 5. The minimum atomic E-state index is 0.552. The van der Waals surface area contributed by atoms with Crippen LogP contribution in [0.4, 0.5) is 0 Å². The van der Waals surface area contributed by atoms with E-state index >= 15 is 0 Å². The number of benzene rings is 12. The number of fused-ring (bicyclic) bond motifs is 11. The van der Waals surface area contributed by atoms with Crippen molar-refractivity contribution in [1.29, 1.82) is 0 Å². The quantitative estimate of drug-likeness (QED) is 0.167. The molecule has 0 aliphatic carbocycles. The van der Waals surface area contributed by atoms with Crippen LogP contribution in [0.2, 0.25) is 0 Å². The SMILES string of the molecule is c1ccc(-c2cc(-c3nc(-c4ccc5ccccc5c4)nc(-n4c5ccccc5c5ccccc54)n3)c(-c3cccc4ccccc34)cc2-n2c3cc4ccccc4cc3c3c4ccccc4ccc32)cc1. The Morgan fingerprint density at radius 2 is 0.819 bits per heavy atom. The van der Waals surface area contributed by atoms with E-state index in [4.69, 9.17) is 15.0 Å². The number of rotatable bonds is 6. The molecule has 5 nitrogen and oxygen atoms in total. The number of hydrogen-bond acceptors (Lipinski definition) is 3. The first-order valence-electron chi connectivity index (χ1n) is 24.5. The zero-order chi connectivity index (χ0) is 47.3. The van der Waals surface area contributed by atoms with Crippen LogP contribution in [0, 0.1) is 0 Å². The van der Waals surface area contributed by atoms with Gasteiger partial charge in [-0.3, -0.25) is 4.57 Å². The molecule has 0 saturated carbocycles. The minimum absolute atomic E-state index is 0.552. The summed E-state index contributed by atoms with van der Waals surface area (Å²) >= 11 is 0. The van der Waals surface area contributed by atoms with Gasteiger partial charge in [0.2, 0.25) is 5.95 Å². The van der Waals surface area contributed by atoms with Crippen LogP contribution in [-0.2, 0) is 0 Å². The van der Waals surface area contributed by atoms with Gasteiger partial charge in [-0.05, 0) is 108 Å². The second-order valence-electron chi connectivity index (χ2n) is 18.8. The van der Waals surface area contributed by atoms with Crippen molar-refractivity contribution < 1.29 is 0 Å².